The van der Waals surface area contributed by atoms with Crippen molar-refractivity contribution in [1.29, 1.82) is 0 Å². The van der Waals surface area contributed by atoms with Gasteiger partial charge in [-0.2, -0.15) is 4.31 Å². The highest BCUT2D eigenvalue weighted by Gasteiger charge is 2.40. The Morgan fingerprint density at radius 3 is 2.54 bits per heavy atom. The van der Waals surface area contributed by atoms with E-state index in [1.165, 1.54) is 19.3 Å². The quantitative estimate of drug-likeness (QED) is 0.638. The molecule has 0 spiro atoms. The molecule has 0 saturated carbocycles. The molecule has 1 aromatic rings. The standard InChI is InChI=1S/C17H26BrN3O4S/c1-2-26(23,24)21(11-10-19-8-4-3-5-9-19)14-12-20(13-14)17(22)15-6-7-16(18)25-15/h6-7,14H,2-5,8-13H2,1H3. The molecule has 2 aliphatic heterocycles. The number of rotatable bonds is 7. The van der Waals surface area contributed by atoms with E-state index in [-0.39, 0.29) is 23.5 Å². The Balaban J connectivity index is 1.59. The molecule has 0 unspecified atom stereocenters. The van der Waals surface area contributed by atoms with E-state index in [1.807, 2.05) is 0 Å². The molecule has 3 heterocycles. The van der Waals surface area contributed by atoms with Gasteiger partial charge < -0.3 is 14.2 Å². The van der Waals surface area contributed by atoms with E-state index in [0.29, 0.717) is 24.3 Å². The van der Waals surface area contributed by atoms with Crippen LogP contribution in [0.3, 0.4) is 0 Å². The second-order valence-electron chi connectivity index (χ2n) is 6.88. The van der Waals surface area contributed by atoms with Gasteiger partial charge in [0.1, 0.15) is 0 Å². The minimum atomic E-state index is -3.29. The molecule has 1 amide bonds. The Morgan fingerprint density at radius 2 is 1.96 bits per heavy atom. The lowest BCUT2D eigenvalue weighted by Gasteiger charge is -2.44. The van der Waals surface area contributed by atoms with Crippen LogP contribution in [0.25, 0.3) is 0 Å². The van der Waals surface area contributed by atoms with E-state index in [1.54, 1.807) is 28.3 Å². The number of carbonyl (C=O) groups excluding carboxylic acids is 1. The molecule has 3 rings (SSSR count). The van der Waals surface area contributed by atoms with Crippen LogP contribution in [-0.4, -0.2) is 79.5 Å². The summed E-state index contributed by atoms with van der Waals surface area (Å²) in [5.74, 6) is 0.160. The van der Waals surface area contributed by atoms with Crippen molar-refractivity contribution in [3.05, 3.63) is 22.6 Å². The zero-order valence-electron chi connectivity index (χ0n) is 15.1. The van der Waals surface area contributed by atoms with Crippen LogP contribution in [-0.2, 0) is 10.0 Å². The van der Waals surface area contributed by atoms with E-state index >= 15 is 0 Å². The molecule has 1 aromatic heterocycles. The lowest BCUT2D eigenvalue weighted by molar-refractivity contribution is 0.0406. The minimum Gasteiger partial charge on any atom is -0.444 e. The number of hydrogen-bond acceptors (Lipinski definition) is 5. The van der Waals surface area contributed by atoms with Gasteiger partial charge in [0.15, 0.2) is 10.4 Å². The summed E-state index contributed by atoms with van der Waals surface area (Å²) in [5.41, 5.74) is 0. The number of halogens is 1. The van der Waals surface area contributed by atoms with E-state index < -0.39 is 10.0 Å². The first kappa shape index (κ1) is 19.9. The largest absolute Gasteiger partial charge is 0.444 e. The lowest BCUT2D eigenvalue weighted by atomic mass is 10.1. The zero-order chi connectivity index (χ0) is 18.7. The number of sulfonamides is 1. The van der Waals surface area contributed by atoms with Crippen LogP contribution in [0.2, 0.25) is 0 Å². The van der Waals surface area contributed by atoms with E-state index in [9.17, 15) is 13.2 Å². The van der Waals surface area contributed by atoms with Gasteiger partial charge in [-0.15, -0.1) is 0 Å². The Hall–Kier alpha value is -0.900. The first-order valence-electron chi connectivity index (χ1n) is 9.17. The Labute approximate surface area is 163 Å². The van der Waals surface area contributed by atoms with Gasteiger partial charge in [0, 0.05) is 26.2 Å². The van der Waals surface area contributed by atoms with Crippen molar-refractivity contribution in [2.45, 2.75) is 32.2 Å². The topological polar surface area (TPSA) is 74.1 Å². The van der Waals surface area contributed by atoms with Gasteiger partial charge in [0.2, 0.25) is 10.0 Å². The second kappa shape index (κ2) is 8.41. The highest BCUT2D eigenvalue weighted by atomic mass is 79.9. The van der Waals surface area contributed by atoms with Gasteiger partial charge in [-0.25, -0.2) is 8.42 Å². The van der Waals surface area contributed by atoms with E-state index in [4.69, 9.17) is 4.42 Å². The summed E-state index contributed by atoms with van der Waals surface area (Å²) in [5, 5.41) is 0. The zero-order valence-corrected chi connectivity index (χ0v) is 17.5. The molecule has 9 heteroatoms. The van der Waals surface area contributed by atoms with Gasteiger partial charge in [-0.05, 0) is 60.9 Å². The van der Waals surface area contributed by atoms with Crippen molar-refractivity contribution in [2.24, 2.45) is 0 Å². The monoisotopic (exact) mass is 447 g/mol. The SMILES string of the molecule is CCS(=O)(=O)N(CCN1CCCCC1)C1CN(C(=O)c2ccc(Br)o2)C1. The average Bonchev–Trinajstić information content (AvgIpc) is 3.03. The summed E-state index contributed by atoms with van der Waals surface area (Å²) in [6.45, 7) is 5.84. The molecule has 0 aromatic carbocycles. The summed E-state index contributed by atoms with van der Waals surface area (Å²) >= 11 is 3.19. The van der Waals surface area contributed by atoms with Gasteiger partial charge in [0.25, 0.3) is 5.91 Å². The highest BCUT2D eigenvalue weighted by molar-refractivity contribution is 9.10. The summed E-state index contributed by atoms with van der Waals surface area (Å²) in [6, 6.07) is 3.15. The van der Waals surface area contributed by atoms with E-state index in [0.717, 1.165) is 19.6 Å². The number of piperidine rings is 1. The van der Waals surface area contributed by atoms with Crippen molar-refractivity contribution in [2.75, 3.05) is 45.0 Å². The summed E-state index contributed by atoms with van der Waals surface area (Å²) in [6.07, 6.45) is 3.63. The van der Waals surface area contributed by atoms with Gasteiger partial charge in [0.05, 0.1) is 11.8 Å². The molecular formula is C17H26BrN3O4S. The van der Waals surface area contributed by atoms with Crippen LogP contribution in [0.5, 0.6) is 0 Å². The molecule has 0 atom stereocenters. The molecule has 2 saturated heterocycles. The van der Waals surface area contributed by atoms with Crippen molar-refractivity contribution >= 4 is 31.9 Å². The third kappa shape index (κ3) is 4.49. The second-order valence-corrected chi connectivity index (χ2v) is 9.87. The highest BCUT2D eigenvalue weighted by Crippen LogP contribution is 2.23. The number of likely N-dealkylation sites (tertiary alicyclic amines) is 2. The Bertz CT molecular complexity index is 724. The van der Waals surface area contributed by atoms with Crippen LogP contribution < -0.4 is 0 Å². The van der Waals surface area contributed by atoms with Crippen molar-refractivity contribution < 1.29 is 17.6 Å². The van der Waals surface area contributed by atoms with Gasteiger partial charge in [-0.1, -0.05) is 6.42 Å². The molecule has 0 N–H and O–H groups in total. The smallest absolute Gasteiger partial charge is 0.289 e. The lowest BCUT2D eigenvalue weighted by Crippen LogP contribution is -2.63. The molecule has 0 aliphatic carbocycles. The molecule has 0 radical (unpaired) electrons. The molecule has 26 heavy (non-hydrogen) atoms. The normalized spacial score (nSPS) is 19.7. The fraction of sp³-hybridized carbons (Fsp3) is 0.706. The van der Waals surface area contributed by atoms with E-state index in [2.05, 4.69) is 20.8 Å². The number of amides is 1. The first-order valence-corrected chi connectivity index (χ1v) is 11.6. The number of furan rings is 1. The molecule has 2 fully saturated rings. The average molecular weight is 448 g/mol. The van der Waals surface area contributed by atoms with Gasteiger partial charge >= 0.3 is 0 Å². The maximum absolute atomic E-state index is 12.5. The number of nitrogens with zero attached hydrogens (tertiary/aromatic N) is 3. The number of carbonyl (C=O) groups is 1. The van der Waals surface area contributed by atoms with Crippen LogP contribution in [0, 0.1) is 0 Å². The Morgan fingerprint density at radius 1 is 1.27 bits per heavy atom. The molecule has 146 valence electrons. The first-order chi connectivity index (χ1) is 12.4. The molecule has 2 aliphatic rings. The minimum absolute atomic E-state index is 0.0859. The van der Waals surface area contributed by atoms with Crippen LogP contribution in [0.4, 0.5) is 0 Å². The fourth-order valence-electron chi connectivity index (χ4n) is 3.53. The van der Waals surface area contributed by atoms with Crippen molar-refractivity contribution in [3.8, 4) is 0 Å². The molecule has 0 bridgehead atoms. The molecule has 7 nitrogen and oxygen atoms in total. The summed E-state index contributed by atoms with van der Waals surface area (Å²) in [7, 11) is -3.29. The third-order valence-electron chi connectivity index (χ3n) is 5.15. The summed E-state index contributed by atoms with van der Waals surface area (Å²) in [4.78, 5) is 16.3. The van der Waals surface area contributed by atoms with Crippen LogP contribution in [0.15, 0.2) is 21.2 Å². The van der Waals surface area contributed by atoms with Crippen LogP contribution >= 0.6 is 15.9 Å². The van der Waals surface area contributed by atoms with Crippen molar-refractivity contribution in [3.63, 3.8) is 0 Å². The Kier molecular flexibility index (Phi) is 6.42. The van der Waals surface area contributed by atoms with Gasteiger partial charge in [-0.3, -0.25) is 4.79 Å². The summed E-state index contributed by atoms with van der Waals surface area (Å²) < 4.78 is 32.5. The molecular weight excluding hydrogens is 422 g/mol. The fourth-order valence-corrected chi connectivity index (χ4v) is 5.11. The third-order valence-corrected chi connectivity index (χ3v) is 7.50. The van der Waals surface area contributed by atoms with Crippen molar-refractivity contribution in [1.82, 2.24) is 14.1 Å². The maximum Gasteiger partial charge on any atom is 0.289 e. The predicted molar refractivity (Wildman–Crippen MR) is 103 cm³/mol. The number of hydrogen-bond donors (Lipinski definition) is 0. The van der Waals surface area contributed by atoms with Crippen LogP contribution in [0.1, 0.15) is 36.7 Å². The predicted octanol–water partition coefficient (Wildman–Crippen LogP) is 2.00. The maximum atomic E-state index is 12.5.